The van der Waals surface area contributed by atoms with E-state index in [1.165, 1.54) is 32.1 Å². The molecule has 0 amide bonds. The third-order valence-electron chi connectivity index (χ3n) is 7.90. The van der Waals surface area contributed by atoms with Gasteiger partial charge in [0.1, 0.15) is 12.7 Å². The quantitative estimate of drug-likeness (QED) is 0.0159. The molecule has 0 aliphatic heterocycles. The summed E-state index contributed by atoms with van der Waals surface area (Å²) in [5, 5.41) is 28.4. The van der Waals surface area contributed by atoms with Gasteiger partial charge in [0.25, 0.3) is 0 Å². The molecule has 0 saturated carbocycles. The highest BCUT2D eigenvalue weighted by Gasteiger charge is 2.27. The smallest absolute Gasteiger partial charge is 0.462 e. The molecule has 0 rings (SSSR count). The number of ether oxygens (including phenoxy) is 2. The Labute approximate surface area is 325 Å². The van der Waals surface area contributed by atoms with Gasteiger partial charge in [-0.25, -0.2) is 4.57 Å². The zero-order valence-electron chi connectivity index (χ0n) is 33.2. The number of carbonyl (C=O) groups is 2. The molecular weight excluding hydrogens is 711 g/mol. The minimum Gasteiger partial charge on any atom is -0.462 e. The standard InChI is InChI=1S/C42H71O11P/c1-4-5-6-7-8-9-10-11-12-13-17-20-24-29-38(44)30-25-22-27-31-41(46)50-35-40(36-52-54(48,49)51-34-39(45)33-43)53-42(47)32-26-21-18-15-14-16-19-23-28-37(2)3/h5-6,8-9,11-12,17,20,22,24-25,29,37-40,43-45H,4,7,10,13-16,18-19,21,23,26-28,30-36H2,1-3H3,(H,48,49)/b6-5-,9-8-,12-11-,20-17-,25-22-,29-24-/t38?,39-,40+/m0/s1. The van der Waals surface area contributed by atoms with Crippen molar-refractivity contribution in [3.63, 3.8) is 0 Å². The molecule has 0 spiro atoms. The molecule has 0 aromatic rings. The van der Waals surface area contributed by atoms with Gasteiger partial charge in [-0.1, -0.05) is 145 Å². The van der Waals surface area contributed by atoms with Crippen molar-refractivity contribution in [3.05, 3.63) is 72.9 Å². The Morgan fingerprint density at radius 3 is 1.91 bits per heavy atom. The predicted octanol–water partition coefficient (Wildman–Crippen LogP) is 8.93. The van der Waals surface area contributed by atoms with Gasteiger partial charge in [0.15, 0.2) is 6.10 Å². The highest BCUT2D eigenvalue weighted by Crippen LogP contribution is 2.43. The first-order valence-electron chi connectivity index (χ1n) is 19.9. The minimum atomic E-state index is -4.66. The van der Waals surface area contributed by atoms with Crippen molar-refractivity contribution < 1.29 is 52.9 Å². The molecule has 11 nitrogen and oxygen atoms in total. The van der Waals surface area contributed by atoms with Crippen molar-refractivity contribution in [2.45, 2.75) is 148 Å². The maximum Gasteiger partial charge on any atom is 0.472 e. The minimum absolute atomic E-state index is 0.0320. The molecule has 0 bridgehead atoms. The van der Waals surface area contributed by atoms with Crippen LogP contribution in [0.2, 0.25) is 0 Å². The molecule has 2 unspecified atom stereocenters. The van der Waals surface area contributed by atoms with E-state index < -0.39 is 64.5 Å². The monoisotopic (exact) mass is 782 g/mol. The highest BCUT2D eigenvalue weighted by molar-refractivity contribution is 7.47. The second kappa shape index (κ2) is 36.0. The summed E-state index contributed by atoms with van der Waals surface area (Å²) in [6.07, 6.45) is 35.0. The fraction of sp³-hybridized carbons (Fsp3) is 0.667. The van der Waals surface area contributed by atoms with Crippen molar-refractivity contribution in [2.75, 3.05) is 26.4 Å². The third kappa shape index (κ3) is 36.4. The summed E-state index contributed by atoms with van der Waals surface area (Å²) in [6, 6.07) is 0. The van der Waals surface area contributed by atoms with Crippen LogP contribution in [0.1, 0.15) is 130 Å². The number of unbranched alkanes of at least 4 members (excludes halogenated alkanes) is 7. The number of phosphoric ester groups is 1. The third-order valence-corrected chi connectivity index (χ3v) is 8.85. The van der Waals surface area contributed by atoms with Gasteiger partial charge in [-0.15, -0.1) is 0 Å². The first-order valence-corrected chi connectivity index (χ1v) is 21.4. The number of allylic oxidation sites excluding steroid dienone is 10. The highest BCUT2D eigenvalue weighted by atomic mass is 31.2. The molecule has 4 atom stereocenters. The van der Waals surface area contributed by atoms with E-state index in [0.29, 0.717) is 19.3 Å². The summed E-state index contributed by atoms with van der Waals surface area (Å²) in [5.41, 5.74) is 0. The van der Waals surface area contributed by atoms with E-state index in [1.54, 1.807) is 24.3 Å². The maximum atomic E-state index is 12.5. The predicted molar refractivity (Wildman–Crippen MR) is 216 cm³/mol. The van der Waals surface area contributed by atoms with Gasteiger partial charge in [-0.05, 0) is 50.9 Å². The van der Waals surface area contributed by atoms with Crippen LogP contribution in [0.3, 0.4) is 0 Å². The van der Waals surface area contributed by atoms with Gasteiger partial charge in [-0.3, -0.25) is 18.6 Å². The number of esters is 2. The first kappa shape index (κ1) is 51.4. The van der Waals surface area contributed by atoms with Crippen LogP contribution in [0.5, 0.6) is 0 Å². The van der Waals surface area contributed by atoms with Crippen LogP contribution >= 0.6 is 7.82 Å². The van der Waals surface area contributed by atoms with Crippen molar-refractivity contribution >= 4 is 19.8 Å². The lowest BCUT2D eigenvalue weighted by atomic mass is 10.0. The summed E-state index contributed by atoms with van der Waals surface area (Å²) in [4.78, 5) is 34.8. The van der Waals surface area contributed by atoms with Crippen molar-refractivity contribution in [1.82, 2.24) is 0 Å². The number of phosphoric acid groups is 1. The number of aliphatic hydroxyl groups is 3. The Morgan fingerprint density at radius 2 is 1.28 bits per heavy atom. The molecule has 12 heteroatoms. The van der Waals surface area contributed by atoms with Crippen LogP contribution < -0.4 is 0 Å². The van der Waals surface area contributed by atoms with Crippen LogP contribution in [0.15, 0.2) is 72.9 Å². The lowest BCUT2D eigenvalue weighted by molar-refractivity contribution is -0.161. The molecule has 0 saturated heterocycles. The Bertz CT molecular complexity index is 1160. The summed E-state index contributed by atoms with van der Waals surface area (Å²) in [5.74, 6) is -0.374. The first-order chi connectivity index (χ1) is 26.0. The zero-order valence-corrected chi connectivity index (χ0v) is 34.1. The molecule has 0 aromatic carbocycles. The van der Waals surface area contributed by atoms with Crippen molar-refractivity contribution in [2.24, 2.45) is 5.92 Å². The van der Waals surface area contributed by atoms with E-state index in [-0.39, 0.29) is 12.8 Å². The summed E-state index contributed by atoms with van der Waals surface area (Å²) >= 11 is 0. The number of hydrogen-bond acceptors (Lipinski definition) is 10. The summed E-state index contributed by atoms with van der Waals surface area (Å²) in [6.45, 7) is 4.29. The lowest BCUT2D eigenvalue weighted by Gasteiger charge is -2.20. The average molecular weight is 783 g/mol. The topological polar surface area (TPSA) is 169 Å². The van der Waals surface area contributed by atoms with Crippen LogP contribution in [0.4, 0.5) is 0 Å². The van der Waals surface area contributed by atoms with E-state index in [4.69, 9.17) is 19.1 Å². The van der Waals surface area contributed by atoms with Gasteiger partial charge in [0.2, 0.25) is 0 Å². The van der Waals surface area contributed by atoms with E-state index in [2.05, 4.69) is 61.8 Å². The van der Waals surface area contributed by atoms with Gasteiger partial charge < -0.3 is 29.7 Å². The van der Waals surface area contributed by atoms with Crippen LogP contribution in [0.25, 0.3) is 0 Å². The number of aliphatic hydroxyl groups excluding tert-OH is 3. The Balaban J connectivity index is 4.57. The number of carbonyl (C=O) groups excluding carboxylic acids is 2. The van der Waals surface area contributed by atoms with Gasteiger partial charge in [0, 0.05) is 12.8 Å². The molecule has 54 heavy (non-hydrogen) atoms. The van der Waals surface area contributed by atoms with E-state index in [1.807, 2.05) is 12.2 Å². The molecule has 0 aliphatic carbocycles. The molecule has 0 aliphatic rings. The van der Waals surface area contributed by atoms with Gasteiger partial charge >= 0.3 is 19.8 Å². The van der Waals surface area contributed by atoms with Crippen LogP contribution in [-0.2, 0) is 32.7 Å². The number of rotatable bonds is 35. The van der Waals surface area contributed by atoms with E-state index in [9.17, 15) is 29.3 Å². The van der Waals surface area contributed by atoms with Gasteiger partial charge in [0.05, 0.1) is 25.9 Å². The largest absolute Gasteiger partial charge is 0.472 e. The van der Waals surface area contributed by atoms with E-state index in [0.717, 1.165) is 50.9 Å². The molecule has 0 heterocycles. The Hall–Kier alpha value is -2.63. The number of hydrogen-bond donors (Lipinski definition) is 4. The van der Waals surface area contributed by atoms with Crippen LogP contribution in [0, 0.1) is 5.92 Å². The van der Waals surface area contributed by atoms with Crippen molar-refractivity contribution in [1.29, 1.82) is 0 Å². The molecule has 0 radical (unpaired) electrons. The zero-order chi connectivity index (χ0) is 40.1. The fourth-order valence-electron chi connectivity index (χ4n) is 4.82. The average Bonchev–Trinajstić information content (AvgIpc) is 3.14. The molecule has 4 N–H and O–H groups in total. The summed E-state index contributed by atoms with van der Waals surface area (Å²) in [7, 11) is -4.66. The maximum absolute atomic E-state index is 12.5. The molecule has 0 aromatic heterocycles. The van der Waals surface area contributed by atoms with Gasteiger partial charge in [-0.2, -0.15) is 0 Å². The lowest BCUT2D eigenvalue weighted by Crippen LogP contribution is -2.29. The summed E-state index contributed by atoms with van der Waals surface area (Å²) < 4.78 is 32.4. The SMILES string of the molecule is CC/C=C\C/C=C\C/C=C\C/C=C\C=C/C(O)C/C=C\CCC(=O)OC[C@H](COP(=O)(O)OC[C@@H](O)CO)OC(=O)CCCCCCCCCCC(C)C. The van der Waals surface area contributed by atoms with Crippen molar-refractivity contribution in [3.8, 4) is 0 Å². The Morgan fingerprint density at radius 1 is 0.685 bits per heavy atom. The fourth-order valence-corrected chi connectivity index (χ4v) is 5.61. The molecular formula is C42H71O11P. The normalized spacial score (nSPS) is 15.4. The van der Waals surface area contributed by atoms with E-state index >= 15 is 0 Å². The Kier molecular flexibility index (Phi) is 34.3. The molecule has 310 valence electrons. The second-order valence-corrected chi connectivity index (χ2v) is 15.1. The molecule has 0 fully saturated rings. The second-order valence-electron chi connectivity index (χ2n) is 13.6. The van der Waals surface area contributed by atoms with Crippen LogP contribution in [-0.4, -0.2) is 76.9 Å².